The lowest BCUT2D eigenvalue weighted by atomic mass is 9.85. The Morgan fingerprint density at radius 2 is 2.00 bits per heavy atom. The Kier molecular flexibility index (Phi) is 6.07. The molecular weight excluding hydrogens is 365 g/mol. The molecule has 2 aliphatic heterocycles. The fourth-order valence-corrected chi connectivity index (χ4v) is 3.83. The van der Waals surface area contributed by atoms with Gasteiger partial charge in [-0.2, -0.15) is 0 Å². The Morgan fingerprint density at radius 1 is 1.32 bits per heavy atom. The number of nitrogens with zero attached hydrogens (tertiary/aromatic N) is 1. The van der Waals surface area contributed by atoms with Crippen LogP contribution in [0, 0.1) is 5.92 Å². The second-order valence-electron chi connectivity index (χ2n) is 6.60. The first-order valence-corrected chi connectivity index (χ1v) is 9.26. The number of carbonyl (C=O) groups excluding carboxylic acids is 1. The Balaban J connectivity index is 1.60. The molecule has 2 fully saturated rings. The smallest absolute Gasteiger partial charge is 0.242 e. The van der Waals surface area contributed by atoms with Crippen LogP contribution in [0.15, 0.2) is 12.1 Å². The van der Waals surface area contributed by atoms with Crippen molar-refractivity contribution in [1.29, 1.82) is 0 Å². The number of piperidine rings is 1. The zero-order valence-corrected chi connectivity index (χ0v) is 15.4. The molecule has 1 aromatic carbocycles. The zero-order chi connectivity index (χ0) is 18.0. The number of phenols is 1. The number of halogens is 2. The van der Waals surface area contributed by atoms with E-state index in [2.05, 4.69) is 5.32 Å². The predicted octanol–water partition coefficient (Wildman–Crippen LogP) is 1.93. The molecular formula is C17H23Cl2N3O3. The average molecular weight is 388 g/mol. The summed E-state index contributed by atoms with van der Waals surface area (Å²) in [7, 11) is 0. The lowest BCUT2D eigenvalue weighted by molar-refractivity contribution is -0.137. The third-order valence-electron chi connectivity index (χ3n) is 5.01. The fourth-order valence-electron chi connectivity index (χ4n) is 3.50. The molecule has 0 aromatic heterocycles. The van der Waals surface area contributed by atoms with Gasteiger partial charge in [-0.15, -0.1) is 0 Å². The fraction of sp³-hybridized carbons (Fsp3) is 0.588. The first-order chi connectivity index (χ1) is 12.0. The van der Waals surface area contributed by atoms with Crippen molar-refractivity contribution in [3.63, 3.8) is 0 Å². The molecule has 0 aliphatic carbocycles. The summed E-state index contributed by atoms with van der Waals surface area (Å²) in [4.78, 5) is 14.4. The Hall–Kier alpha value is -1.05. The number of amides is 1. The van der Waals surface area contributed by atoms with Crippen molar-refractivity contribution < 1.29 is 14.6 Å². The van der Waals surface area contributed by atoms with Crippen LogP contribution in [0.4, 0.5) is 0 Å². The van der Waals surface area contributed by atoms with Crippen LogP contribution in [0.5, 0.6) is 5.75 Å². The minimum absolute atomic E-state index is 0.0592. The molecule has 2 atom stereocenters. The molecule has 2 saturated heterocycles. The molecule has 2 aliphatic rings. The molecule has 0 unspecified atom stereocenters. The molecule has 0 bridgehead atoms. The van der Waals surface area contributed by atoms with Crippen LogP contribution in [0.2, 0.25) is 10.0 Å². The maximum atomic E-state index is 12.5. The van der Waals surface area contributed by atoms with Gasteiger partial charge in [-0.1, -0.05) is 23.2 Å². The highest BCUT2D eigenvalue weighted by Crippen LogP contribution is 2.37. The summed E-state index contributed by atoms with van der Waals surface area (Å²) < 4.78 is 5.36. The van der Waals surface area contributed by atoms with Gasteiger partial charge in [-0.25, -0.2) is 0 Å². The largest absolute Gasteiger partial charge is 0.508 e. The van der Waals surface area contributed by atoms with Crippen molar-refractivity contribution in [1.82, 2.24) is 10.2 Å². The van der Waals surface area contributed by atoms with E-state index in [1.807, 2.05) is 4.90 Å². The van der Waals surface area contributed by atoms with Crippen LogP contribution < -0.4 is 11.1 Å². The number of morpholine rings is 1. The molecule has 0 radical (unpaired) electrons. The number of nitrogens with one attached hydrogen (secondary N) is 1. The van der Waals surface area contributed by atoms with Gasteiger partial charge in [0.25, 0.3) is 0 Å². The number of likely N-dealkylation sites (tertiary alicyclic amines) is 1. The van der Waals surface area contributed by atoms with Crippen molar-refractivity contribution in [3.05, 3.63) is 27.7 Å². The number of nitrogens with two attached hydrogens (primary N) is 1. The Labute approximate surface area is 157 Å². The van der Waals surface area contributed by atoms with Crippen molar-refractivity contribution >= 4 is 29.1 Å². The minimum atomic E-state index is -0.344. The van der Waals surface area contributed by atoms with Crippen molar-refractivity contribution in [3.8, 4) is 5.75 Å². The lowest BCUT2D eigenvalue weighted by Gasteiger charge is -2.37. The first kappa shape index (κ1) is 18.7. The minimum Gasteiger partial charge on any atom is -0.508 e. The predicted molar refractivity (Wildman–Crippen MR) is 97.0 cm³/mol. The highest BCUT2D eigenvalue weighted by Gasteiger charge is 2.32. The SMILES string of the molecule is N[C@@H](c1cc(Cl)c(Cl)cc1O)C1CCN(C(=O)[C@@H]2COCCN2)CC1. The summed E-state index contributed by atoms with van der Waals surface area (Å²) in [5, 5.41) is 14.0. The normalized spacial score (nSPS) is 23.5. The first-order valence-electron chi connectivity index (χ1n) is 8.50. The molecule has 2 heterocycles. The zero-order valence-electron chi connectivity index (χ0n) is 13.9. The van der Waals surface area contributed by atoms with E-state index < -0.39 is 0 Å². The standard InChI is InChI=1S/C17H23Cl2N3O3/c18-12-7-11(15(23)8-13(12)19)16(20)10-1-4-22(5-2-10)17(24)14-9-25-6-3-21-14/h7-8,10,14,16,21,23H,1-6,9,20H2/t14-,16+/m0/s1. The van der Waals surface area contributed by atoms with E-state index >= 15 is 0 Å². The van der Waals surface area contributed by atoms with Crippen LogP contribution in [0.1, 0.15) is 24.4 Å². The summed E-state index contributed by atoms with van der Waals surface area (Å²) in [6.07, 6.45) is 1.56. The number of carbonyl (C=O) groups is 1. The number of ether oxygens (including phenoxy) is 1. The van der Waals surface area contributed by atoms with Crippen molar-refractivity contribution in [2.24, 2.45) is 11.7 Å². The lowest BCUT2D eigenvalue weighted by Crippen LogP contribution is -2.54. The van der Waals surface area contributed by atoms with E-state index in [-0.39, 0.29) is 29.7 Å². The van der Waals surface area contributed by atoms with Gasteiger partial charge in [-0.3, -0.25) is 4.79 Å². The highest BCUT2D eigenvalue weighted by molar-refractivity contribution is 6.42. The van der Waals surface area contributed by atoms with Gasteiger partial charge >= 0.3 is 0 Å². The van der Waals surface area contributed by atoms with Gasteiger partial charge in [0.2, 0.25) is 5.91 Å². The number of phenolic OH excluding ortho intramolecular Hbond substituents is 1. The maximum Gasteiger partial charge on any atom is 0.242 e. The van der Waals surface area contributed by atoms with Crippen LogP contribution in [-0.4, -0.2) is 54.8 Å². The molecule has 8 heteroatoms. The van der Waals surface area contributed by atoms with E-state index in [1.54, 1.807) is 6.07 Å². The second-order valence-corrected chi connectivity index (χ2v) is 7.41. The second kappa shape index (κ2) is 8.10. The third-order valence-corrected chi connectivity index (χ3v) is 5.73. The van der Waals surface area contributed by atoms with Crippen LogP contribution >= 0.6 is 23.2 Å². The highest BCUT2D eigenvalue weighted by atomic mass is 35.5. The molecule has 3 rings (SSSR count). The maximum absolute atomic E-state index is 12.5. The van der Waals surface area contributed by atoms with Gasteiger partial charge in [-0.05, 0) is 24.8 Å². The molecule has 6 nitrogen and oxygen atoms in total. The van der Waals surface area contributed by atoms with Crippen LogP contribution in [-0.2, 0) is 9.53 Å². The van der Waals surface area contributed by atoms with E-state index in [1.165, 1.54) is 6.07 Å². The Morgan fingerprint density at radius 3 is 2.64 bits per heavy atom. The van der Waals surface area contributed by atoms with Crippen molar-refractivity contribution in [2.45, 2.75) is 24.9 Å². The molecule has 1 amide bonds. The molecule has 138 valence electrons. The molecule has 1 aromatic rings. The van der Waals surface area contributed by atoms with Crippen LogP contribution in [0.25, 0.3) is 0 Å². The number of rotatable bonds is 3. The molecule has 25 heavy (non-hydrogen) atoms. The van der Waals surface area contributed by atoms with E-state index in [0.717, 1.165) is 12.8 Å². The average Bonchev–Trinajstić information content (AvgIpc) is 2.64. The third kappa shape index (κ3) is 4.20. The van der Waals surface area contributed by atoms with Crippen molar-refractivity contribution in [2.75, 3.05) is 32.8 Å². The van der Waals surface area contributed by atoms with E-state index in [0.29, 0.717) is 48.5 Å². The van der Waals surface area contributed by atoms with Gasteiger partial charge in [0.15, 0.2) is 0 Å². The topological polar surface area (TPSA) is 87.8 Å². The molecule has 0 saturated carbocycles. The summed E-state index contributed by atoms with van der Waals surface area (Å²) in [5.74, 6) is 0.316. The number of hydrogen-bond acceptors (Lipinski definition) is 5. The number of benzene rings is 1. The van der Waals surface area contributed by atoms with Gasteiger partial charge in [0.05, 0.1) is 23.3 Å². The van der Waals surface area contributed by atoms with Gasteiger partial charge in [0, 0.05) is 37.3 Å². The quantitative estimate of drug-likeness (QED) is 0.737. The number of hydrogen-bond donors (Lipinski definition) is 3. The Bertz CT molecular complexity index is 630. The summed E-state index contributed by atoms with van der Waals surface area (Å²) in [6, 6.07) is 2.46. The van der Waals surface area contributed by atoms with Crippen LogP contribution in [0.3, 0.4) is 0 Å². The van der Waals surface area contributed by atoms with Gasteiger partial charge < -0.3 is 25.8 Å². The summed E-state index contributed by atoms with van der Waals surface area (Å²) >= 11 is 12.0. The summed E-state index contributed by atoms with van der Waals surface area (Å²) in [6.45, 7) is 3.08. The number of aromatic hydroxyl groups is 1. The summed E-state index contributed by atoms with van der Waals surface area (Å²) in [5.41, 5.74) is 6.95. The van der Waals surface area contributed by atoms with Gasteiger partial charge in [0.1, 0.15) is 11.8 Å². The molecule has 4 N–H and O–H groups in total. The van der Waals surface area contributed by atoms with E-state index in [4.69, 9.17) is 33.7 Å². The molecule has 0 spiro atoms. The van der Waals surface area contributed by atoms with E-state index in [9.17, 15) is 9.90 Å². The monoisotopic (exact) mass is 387 g/mol.